The van der Waals surface area contributed by atoms with Gasteiger partial charge in [-0.1, -0.05) is 57.0 Å². The maximum absolute atomic E-state index is 13.3. The van der Waals surface area contributed by atoms with Gasteiger partial charge in [-0.3, -0.25) is 9.59 Å². The lowest BCUT2D eigenvalue weighted by Gasteiger charge is -2.31. The van der Waals surface area contributed by atoms with E-state index in [1.54, 1.807) is 4.90 Å². The normalized spacial score (nSPS) is 11.9. The number of rotatable bonds is 12. The zero-order chi connectivity index (χ0) is 22.8. The van der Waals surface area contributed by atoms with Crippen LogP contribution in [0.3, 0.4) is 0 Å². The van der Waals surface area contributed by atoms with Crippen LogP contribution in [0.2, 0.25) is 0 Å². The predicted molar refractivity (Wildman–Crippen MR) is 127 cm³/mol. The van der Waals surface area contributed by atoms with Gasteiger partial charge in [0, 0.05) is 37.4 Å². The van der Waals surface area contributed by atoms with Gasteiger partial charge in [-0.05, 0) is 44.4 Å². The second-order valence-corrected chi connectivity index (χ2v) is 8.42. The van der Waals surface area contributed by atoms with Gasteiger partial charge >= 0.3 is 0 Å². The number of hydrogen-bond acceptors (Lipinski definition) is 2. The second kappa shape index (κ2) is 12.3. The molecule has 0 saturated carbocycles. The highest BCUT2D eigenvalue weighted by atomic mass is 16.2. The number of carbonyl (C=O) groups is 2. The molecule has 0 spiro atoms. The quantitative estimate of drug-likeness (QED) is 0.480. The Hall–Kier alpha value is -2.56. The van der Waals surface area contributed by atoms with Crippen molar-refractivity contribution in [1.29, 1.82) is 0 Å². The molecule has 170 valence electrons. The van der Waals surface area contributed by atoms with E-state index in [9.17, 15) is 9.59 Å². The molecule has 0 aliphatic rings. The number of aryl methyl sites for hydroxylation is 1. The summed E-state index contributed by atoms with van der Waals surface area (Å²) in [6.45, 7) is 12.4. The molecular weight excluding hydrogens is 386 g/mol. The molecule has 5 heteroatoms. The number of benzene rings is 1. The van der Waals surface area contributed by atoms with Gasteiger partial charge in [-0.15, -0.1) is 0 Å². The van der Waals surface area contributed by atoms with Crippen molar-refractivity contribution < 1.29 is 9.59 Å². The topological polar surface area (TPSA) is 45.6 Å². The van der Waals surface area contributed by atoms with Gasteiger partial charge in [0.2, 0.25) is 11.8 Å². The van der Waals surface area contributed by atoms with Crippen molar-refractivity contribution in [1.82, 2.24) is 14.4 Å². The number of nitrogens with zero attached hydrogens (tertiary/aromatic N) is 3. The monoisotopic (exact) mass is 425 g/mol. The van der Waals surface area contributed by atoms with Crippen LogP contribution >= 0.6 is 0 Å². The summed E-state index contributed by atoms with van der Waals surface area (Å²) in [5, 5.41) is 0. The lowest BCUT2D eigenvalue weighted by Crippen LogP contribution is -2.46. The molecule has 0 unspecified atom stereocenters. The van der Waals surface area contributed by atoms with Crippen LogP contribution in [-0.2, 0) is 22.7 Å². The van der Waals surface area contributed by atoms with E-state index >= 15 is 0 Å². The molecule has 0 bridgehead atoms. The predicted octanol–water partition coefficient (Wildman–Crippen LogP) is 5.01. The van der Waals surface area contributed by atoms with Gasteiger partial charge in [0.25, 0.3) is 0 Å². The van der Waals surface area contributed by atoms with Crippen molar-refractivity contribution in [2.75, 3.05) is 13.1 Å². The minimum atomic E-state index is 0.0267. The molecule has 1 aromatic heterocycles. The first-order valence-corrected chi connectivity index (χ1v) is 11.7. The van der Waals surface area contributed by atoms with Crippen LogP contribution < -0.4 is 0 Å². The first-order chi connectivity index (χ1) is 14.9. The van der Waals surface area contributed by atoms with Crippen LogP contribution in [0.25, 0.3) is 0 Å². The van der Waals surface area contributed by atoms with E-state index in [4.69, 9.17) is 0 Å². The molecule has 0 fully saturated rings. The second-order valence-electron chi connectivity index (χ2n) is 8.42. The molecule has 2 aromatic rings. The first kappa shape index (κ1) is 24.7. The Balaban J connectivity index is 2.17. The number of amides is 2. The third kappa shape index (κ3) is 7.27. The molecule has 0 N–H and O–H groups in total. The van der Waals surface area contributed by atoms with Gasteiger partial charge in [-0.25, -0.2) is 0 Å². The summed E-state index contributed by atoms with van der Waals surface area (Å²) >= 11 is 0. The Morgan fingerprint density at radius 2 is 1.84 bits per heavy atom. The van der Waals surface area contributed by atoms with Crippen molar-refractivity contribution in [2.45, 2.75) is 79.4 Å². The Morgan fingerprint density at radius 3 is 2.48 bits per heavy atom. The van der Waals surface area contributed by atoms with Gasteiger partial charge in [0.05, 0.1) is 13.1 Å². The minimum absolute atomic E-state index is 0.0267. The van der Waals surface area contributed by atoms with Crippen molar-refractivity contribution in [3.05, 3.63) is 59.4 Å². The summed E-state index contributed by atoms with van der Waals surface area (Å²) in [5.41, 5.74) is 3.61. The molecule has 0 saturated heterocycles. The van der Waals surface area contributed by atoms with Crippen molar-refractivity contribution >= 4 is 11.8 Å². The van der Waals surface area contributed by atoms with Crippen molar-refractivity contribution in [3.63, 3.8) is 0 Å². The largest absolute Gasteiger partial charge is 0.345 e. The Morgan fingerprint density at radius 1 is 1.06 bits per heavy atom. The fraction of sp³-hybridized carbons (Fsp3) is 0.538. The van der Waals surface area contributed by atoms with Crippen molar-refractivity contribution in [3.8, 4) is 0 Å². The van der Waals surface area contributed by atoms with Gasteiger partial charge < -0.3 is 14.4 Å². The summed E-state index contributed by atoms with van der Waals surface area (Å²) in [6, 6.07) is 12.7. The van der Waals surface area contributed by atoms with E-state index in [1.807, 2.05) is 24.8 Å². The van der Waals surface area contributed by atoms with Crippen LogP contribution in [0, 0.1) is 6.92 Å². The van der Waals surface area contributed by atoms with Gasteiger partial charge in [-0.2, -0.15) is 0 Å². The fourth-order valence-corrected chi connectivity index (χ4v) is 3.75. The molecule has 5 nitrogen and oxygen atoms in total. The van der Waals surface area contributed by atoms with E-state index in [1.165, 1.54) is 11.1 Å². The summed E-state index contributed by atoms with van der Waals surface area (Å²) < 4.78 is 2.21. The van der Waals surface area contributed by atoms with Crippen LogP contribution in [0.5, 0.6) is 0 Å². The molecule has 1 atom stereocenters. The molecule has 0 radical (unpaired) electrons. The average Bonchev–Trinajstić information content (AvgIpc) is 3.20. The molecular formula is C26H39N3O2. The molecule has 31 heavy (non-hydrogen) atoms. The van der Waals surface area contributed by atoms with E-state index in [-0.39, 0.29) is 24.4 Å². The first-order valence-electron chi connectivity index (χ1n) is 11.7. The molecule has 1 aromatic carbocycles. The summed E-state index contributed by atoms with van der Waals surface area (Å²) in [5.74, 6) is 0.0693. The van der Waals surface area contributed by atoms with Crippen LogP contribution in [0.1, 0.15) is 70.2 Å². The Kier molecular flexibility index (Phi) is 9.83. The lowest BCUT2D eigenvalue weighted by molar-refractivity contribution is -0.142. The molecule has 0 aliphatic heterocycles. The third-order valence-corrected chi connectivity index (χ3v) is 5.90. The highest BCUT2D eigenvalue weighted by molar-refractivity contribution is 5.85. The van der Waals surface area contributed by atoms with Crippen LogP contribution in [-0.4, -0.2) is 45.3 Å². The summed E-state index contributed by atoms with van der Waals surface area (Å²) in [6.07, 6.45) is 5.32. The number of unbranched alkanes of at least 4 members (excludes halogenated alkanes) is 1. The molecule has 1 heterocycles. The Labute approximate surface area is 188 Å². The maximum atomic E-state index is 13.3. The van der Waals surface area contributed by atoms with Gasteiger partial charge in [0.1, 0.15) is 0 Å². The highest BCUT2D eigenvalue weighted by Crippen LogP contribution is 2.14. The van der Waals surface area contributed by atoms with E-state index in [2.05, 4.69) is 61.9 Å². The Bertz CT molecular complexity index is 843. The van der Waals surface area contributed by atoms with Crippen molar-refractivity contribution in [2.24, 2.45) is 0 Å². The summed E-state index contributed by atoms with van der Waals surface area (Å²) in [7, 11) is 0. The van der Waals surface area contributed by atoms with Crippen LogP contribution in [0.4, 0.5) is 0 Å². The number of carbonyl (C=O) groups excluding carboxylic acids is 2. The van der Waals surface area contributed by atoms with E-state index in [0.29, 0.717) is 19.5 Å². The zero-order valence-electron chi connectivity index (χ0n) is 19.9. The smallest absolute Gasteiger partial charge is 0.242 e. The van der Waals surface area contributed by atoms with E-state index < -0.39 is 0 Å². The minimum Gasteiger partial charge on any atom is -0.345 e. The summed E-state index contributed by atoms with van der Waals surface area (Å²) in [4.78, 5) is 29.4. The maximum Gasteiger partial charge on any atom is 0.242 e. The molecule has 2 rings (SSSR count). The average molecular weight is 426 g/mol. The highest BCUT2D eigenvalue weighted by Gasteiger charge is 2.24. The molecule has 0 aliphatic carbocycles. The standard InChI is InChI=1S/C26H39N3O2/c1-6-9-15-28(26(31)20-29(22(5)7-2)25(30)8-3)19-24-14-11-16-27(24)18-23-13-10-12-21(4)17-23/h10-14,16-17,22H,6-9,15,18-20H2,1-5H3/t22-/m1/s1. The zero-order valence-corrected chi connectivity index (χ0v) is 19.9. The van der Waals surface area contributed by atoms with Crippen LogP contribution in [0.15, 0.2) is 42.6 Å². The number of aromatic nitrogens is 1. The van der Waals surface area contributed by atoms with E-state index in [0.717, 1.165) is 31.5 Å². The number of hydrogen-bond donors (Lipinski definition) is 0. The van der Waals surface area contributed by atoms with Gasteiger partial charge in [0.15, 0.2) is 0 Å². The lowest BCUT2D eigenvalue weighted by atomic mass is 10.1. The SMILES string of the molecule is CCCCN(Cc1cccn1Cc1cccc(C)c1)C(=O)CN(C(=O)CC)[C@H](C)CC. The fourth-order valence-electron chi connectivity index (χ4n) is 3.75. The third-order valence-electron chi connectivity index (χ3n) is 5.90. The molecule has 2 amide bonds.